The van der Waals surface area contributed by atoms with E-state index in [1.807, 2.05) is 0 Å². The molecule has 0 amide bonds. The molecule has 3 aromatic rings. The van der Waals surface area contributed by atoms with Crippen molar-refractivity contribution in [2.24, 2.45) is 5.92 Å². The van der Waals surface area contributed by atoms with Crippen molar-refractivity contribution in [1.29, 1.82) is 0 Å². The summed E-state index contributed by atoms with van der Waals surface area (Å²) in [7, 11) is 4.29. The van der Waals surface area contributed by atoms with Gasteiger partial charge in [0.2, 0.25) is 23.1 Å². The Kier molecular flexibility index (Phi) is 5.32. The van der Waals surface area contributed by atoms with Crippen LogP contribution in [0.3, 0.4) is 0 Å². The van der Waals surface area contributed by atoms with Crippen LogP contribution in [0.5, 0.6) is 28.7 Å². The van der Waals surface area contributed by atoms with E-state index in [-0.39, 0.29) is 44.9 Å². The molecule has 196 valence electrons. The minimum absolute atomic E-state index is 0.0426. The standard InChI is InChI=1S/C26H23ClN4O7/c1-11-7-13-18(21(31-25(30-13)28-10-29-31)12-5-6-15(35-2)14(32)8-12)23(33)26(11)24(34)19-16(36-3)9-17(37-4)20(27)22(19)38-26/h5-6,8-11,21,32H,7H2,1-4H3,(H,28,29,30)/t11-,21?,26+/m1/s1. The molecule has 0 radical (unpaired) electrons. The maximum Gasteiger partial charge on any atom is 0.236 e. The number of benzene rings is 2. The van der Waals surface area contributed by atoms with Gasteiger partial charge in [-0.15, -0.1) is 0 Å². The van der Waals surface area contributed by atoms with Crippen LogP contribution in [0.25, 0.3) is 0 Å². The van der Waals surface area contributed by atoms with Gasteiger partial charge >= 0.3 is 0 Å². The number of methoxy groups -OCH3 is 3. The van der Waals surface area contributed by atoms with Crippen LogP contribution in [0.2, 0.25) is 5.02 Å². The van der Waals surface area contributed by atoms with Crippen LogP contribution in [-0.4, -0.2) is 58.4 Å². The number of nitrogens with zero attached hydrogens (tertiary/aromatic N) is 3. The number of nitrogens with one attached hydrogen (secondary N) is 1. The molecule has 3 aliphatic rings. The van der Waals surface area contributed by atoms with Crippen LogP contribution in [0.15, 0.2) is 41.9 Å². The van der Waals surface area contributed by atoms with E-state index in [0.29, 0.717) is 23.6 Å². The summed E-state index contributed by atoms with van der Waals surface area (Å²) in [6, 6.07) is 5.51. The number of aromatic hydroxyl groups is 1. The average molecular weight is 539 g/mol. The highest BCUT2D eigenvalue weighted by atomic mass is 35.5. The lowest BCUT2D eigenvalue weighted by molar-refractivity contribution is -0.130. The van der Waals surface area contributed by atoms with E-state index < -0.39 is 29.1 Å². The molecule has 6 rings (SSSR count). The number of carbonyl (C=O) groups is 2. The monoisotopic (exact) mass is 538 g/mol. The number of phenolic OH excluding ortho intramolecular Hbond substituents is 1. The fourth-order valence-corrected chi connectivity index (χ4v) is 5.84. The van der Waals surface area contributed by atoms with E-state index in [0.717, 1.165) is 0 Å². The zero-order valence-corrected chi connectivity index (χ0v) is 21.6. The third-order valence-electron chi connectivity index (χ3n) is 7.40. The lowest BCUT2D eigenvalue weighted by Gasteiger charge is -2.41. The molecule has 2 N–H and O–H groups in total. The molecule has 1 aliphatic carbocycles. The van der Waals surface area contributed by atoms with Gasteiger partial charge in [-0.2, -0.15) is 10.1 Å². The molecule has 1 aromatic heterocycles. The smallest absolute Gasteiger partial charge is 0.236 e. The lowest BCUT2D eigenvalue weighted by atomic mass is 9.69. The fraction of sp³-hybridized carbons (Fsp3) is 0.308. The SMILES string of the molecule is COc1ccc(C2C3=C(C[C@@H](C)[C@]4(Oc5c(Cl)c(OC)cc(OC)c5C4=O)C3=O)Nc3ncnn32)cc1O. The quantitative estimate of drug-likeness (QED) is 0.475. The Labute approximate surface area is 221 Å². The maximum atomic E-state index is 14.6. The number of anilines is 1. The number of hydrogen-bond donors (Lipinski definition) is 2. The van der Waals surface area contributed by atoms with Crippen molar-refractivity contribution in [3.05, 3.63) is 58.0 Å². The molecule has 12 heteroatoms. The Hall–Kier alpha value is -4.25. The van der Waals surface area contributed by atoms with Gasteiger partial charge in [0, 0.05) is 23.3 Å². The molecule has 1 spiro atoms. The highest BCUT2D eigenvalue weighted by Crippen LogP contribution is 2.55. The Morgan fingerprint density at radius 1 is 1.11 bits per heavy atom. The normalized spacial score (nSPS) is 23.4. The number of carbonyl (C=O) groups excluding carboxylic acids is 2. The van der Waals surface area contributed by atoms with Crippen LogP contribution >= 0.6 is 11.6 Å². The first-order valence-corrected chi connectivity index (χ1v) is 12.1. The number of ether oxygens (including phenoxy) is 4. The summed E-state index contributed by atoms with van der Waals surface area (Å²) < 4.78 is 23.8. The molecule has 0 bridgehead atoms. The number of halogens is 1. The molecule has 2 aliphatic heterocycles. The number of allylic oxidation sites excluding steroid dienone is 1. The molecule has 3 heterocycles. The third kappa shape index (κ3) is 3.02. The van der Waals surface area contributed by atoms with E-state index in [1.165, 1.54) is 44.5 Å². The van der Waals surface area contributed by atoms with Gasteiger partial charge < -0.3 is 29.4 Å². The molecule has 0 fully saturated rings. The van der Waals surface area contributed by atoms with Gasteiger partial charge in [-0.3, -0.25) is 9.59 Å². The summed E-state index contributed by atoms with van der Waals surface area (Å²) in [5.41, 5.74) is -0.392. The van der Waals surface area contributed by atoms with Gasteiger partial charge in [0.05, 0.1) is 21.3 Å². The molecule has 2 aromatic carbocycles. The summed E-state index contributed by atoms with van der Waals surface area (Å²) in [5, 5.41) is 18.1. The number of hydrogen-bond acceptors (Lipinski definition) is 10. The average Bonchev–Trinajstić information content (AvgIpc) is 3.50. The number of phenols is 1. The van der Waals surface area contributed by atoms with Crippen molar-refractivity contribution in [2.45, 2.75) is 25.0 Å². The van der Waals surface area contributed by atoms with Crippen molar-refractivity contribution in [2.75, 3.05) is 26.6 Å². The van der Waals surface area contributed by atoms with Crippen molar-refractivity contribution < 1.29 is 33.6 Å². The summed E-state index contributed by atoms with van der Waals surface area (Å²) in [6.07, 6.45) is 1.66. The summed E-state index contributed by atoms with van der Waals surface area (Å²) in [6.45, 7) is 1.78. The Morgan fingerprint density at radius 2 is 1.84 bits per heavy atom. The molecule has 0 saturated carbocycles. The van der Waals surface area contributed by atoms with Gasteiger partial charge in [-0.25, -0.2) is 4.68 Å². The Morgan fingerprint density at radius 3 is 2.53 bits per heavy atom. The third-order valence-corrected chi connectivity index (χ3v) is 7.76. The van der Waals surface area contributed by atoms with E-state index in [9.17, 15) is 14.7 Å². The van der Waals surface area contributed by atoms with Crippen LogP contribution in [0.1, 0.15) is 35.3 Å². The molecule has 38 heavy (non-hydrogen) atoms. The number of aromatic nitrogens is 3. The number of Topliss-reactive ketones (excluding diaryl/α,β-unsaturated/α-hetero) is 2. The first-order chi connectivity index (χ1) is 18.3. The van der Waals surface area contributed by atoms with Gasteiger partial charge in [-0.05, 0) is 24.1 Å². The second kappa shape index (κ2) is 8.38. The first kappa shape index (κ1) is 24.1. The summed E-state index contributed by atoms with van der Waals surface area (Å²) >= 11 is 6.55. The molecule has 3 atom stereocenters. The zero-order chi connectivity index (χ0) is 26.9. The van der Waals surface area contributed by atoms with E-state index in [1.54, 1.807) is 19.1 Å². The van der Waals surface area contributed by atoms with Crippen molar-refractivity contribution in [1.82, 2.24) is 14.8 Å². The van der Waals surface area contributed by atoms with Gasteiger partial charge in [0.25, 0.3) is 0 Å². The topological polar surface area (TPSA) is 134 Å². The molecule has 0 saturated heterocycles. The highest BCUT2D eigenvalue weighted by Gasteiger charge is 2.63. The van der Waals surface area contributed by atoms with Crippen molar-refractivity contribution in [3.63, 3.8) is 0 Å². The van der Waals surface area contributed by atoms with E-state index in [4.69, 9.17) is 30.5 Å². The largest absolute Gasteiger partial charge is 0.504 e. The molecule has 11 nitrogen and oxygen atoms in total. The van der Waals surface area contributed by atoms with Crippen molar-refractivity contribution >= 4 is 29.1 Å². The number of ketones is 2. The Balaban J connectivity index is 1.53. The zero-order valence-electron chi connectivity index (χ0n) is 20.9. The Bertz CT molecular complexity index is 1570. The van der Waals surface area contributed by atoms with Crippen molar-refractivity contribution in [3.8, 4) is 28.7 Å². The molecular weight excluding hydrogens is 516 g/mol. The first-order valence-electron chi connectivity index (χ1n) is 11.8. The van der Waals surface area contributed by atoms with Gasteiger partial charge in [0.15, 0.2) is 17.2 Å². The number of rotatable bonds is 4. The predicted molar refractivity (Wildman–Crippen MR) is 135 cm³/mol. The maximum absolute atomic E-state index is 14.6. The van der Waals surface area contributed by atoms with Gasteiger partial charge in [0.1, 0.15) is 34.5 Å². The highest BCUT2D eigenvalue weighted by molar-refractivity contribution is 6.36. The lowest BCUT2D eigenvalue weighted by Crippen LogP contribution is -2.58. The second-order valence-electron chi connectivity index (χ2n) is 9.28. The molecular formula is C26H23ClN4O7. The summed E-state index contributed by atoms with van der Waals surface area (Å²) in [4.78, 5) is 33.0. The van der Waals surface area contributed by atoms with Gasteiger partial charge in [-0.1, -0.05) is 24.6 Å². The predicted octanol–water partition coefficient (Wildman–Crippen LogP) is 3.55. The van der Waals surface area contributed by atoms with Crippen LogP contribution in [0.4, 0.5) is 5.95 Å². The van der Waals surface area contributed by atoms with Crippen LogP contribution in [-0.2, 0) is 4.79 Å². The van der Waals surface area contributed by atoms with E-state index >= 15 is 0 Å². The summed E-state index contributed by atoms with van der Waals surface area (Å²) in [5.74, 6) is -0.582. The van der Waals surface area contributed by atoms with Crippen LogP contribution in [0, 0.1) is 5.92 Å². The fourth-order valence-electron chi connectivity index (χ4n) is 5.57. The van der Waals surface area contributed by atoms with Crippen LogP contribution < -0.4 is 24.3 Å². The number of fused-ring (bicyclic) bond motifs is 2. The minimum Gasteiger partial charge on any atom is -0.504 e. The van der Waals surface area contributed by atoms with E-state index in [2.05, 4.69) is 15.4 Å². The molecule has 1 unspecified atom stereocenters. The second-order valence-corrected chi connectivity index (χ2v) is 9.66. The minimum atomic E-state index is -1.89.